The summed E-state index contributed by atoms with van der Waals surface area (Å²) in [7, 11) is 0. The Hall–Kier alpha value is -0.370. The van der Waals surface area contributed by atoms with Crippen LogP contribution in [-0.2, 0) is 9.59 Å². The number of hydrogen-bond acceptors (Lipinski definition) is 2. The molecule has 1 aliphatic rings. The molecule has 0 aliphatic heterocycles. The smallest absolute Gasteiger partial charge is 0.225 e. The minimum atomic E-state index is -0.346. The van der Waals surface area contributed by atoms with Crippen LogP contribution < -0.4 is 0 Å². The zero-order valence-electron chi connectivity index (χ0n) is 6.25. The number of carbonyl (C=O) groups excluding carboxylic acids is 2. The molecule has 2 nitrogen and oxygen atoms in total. The van der Waals surface area contributed by atoms with Crippen LogP contribution in [0.15, 0.2) is 0 Å². The SMILES string of the molecule is O=CC1CCCCC1C(=O)Cl. The van der Waals surface area contributed by atoms with Gasteiger partial charge in [-0.15, -0.1) is 0 Å². The number of rotatable bonds is 2. The first-order valence-corrected chi connectivity index (χ1v) is 4.28. The summed E-state index contributed by atoms with van der Waals surface area (Å²) in [4.78, 5) is 21.2. The Morgan fingerprint density at radius 2 is 2.00 bits per heavy atom. The second kappa shape index (κ2) is 3.86. The number of carbonyl (C=O) groups is 2. The van der Waals surface area contributed by atoms with E-state index in [0.717, 1.165) is 32.0 Å². The highest BCUT2D eigenvalue weighted by atomic mass is 35.5. The van der Waals surface area contributed by atoms with Crippen LogP contribution >= 0.6 is 11.6 Å². The van der Waals surface area contributed by atoms with Gasteiger partial charge in [0.1, 0.15) is 6.29 Å². The molecule has 0 spiro atoms. The normalized spacial score (nSPS) is 31.4. The van der Waals surface area contributed by atoms with Gasteiger partial charge >= 0.3 is 0 Å². The minimum Gasteiger partial charge on any atom is -0.303 e. The van der Waals surface area contributed by atoms with E-state index in [1.165, 1.54) is 0 Å². The molecule has 0 saturated heterocycles. The van der Waals surface area contributed by atoms with Gasteiger partial charge in [0.05, 0.1) is 0 Å². The lowest BCUT2D eigenvalue weighted by molar-refractivity contribution is -0.123. The molecule has 0 amide bonds. The fourth-order valence-electron chi connectivity index (χ4n) is 1.60. The van der Waals surface area contributed by atoms with Crippen molar-refractivity contribution in [1.29, 1.82) is 0 Å². The van der Waals surface area contributed by atoms with Crippen molar-refractivity contribution < 1.29 is 9.59 Å². The molecule has 0 aromatic carbocycles. The van der Waals surface area contributed by atoms with Crippen molar-refractivity contribution >= 4 is 23.1 Å². The van der Waals surface area contributed by atoms with Crippen LogP contribution in [0.4, 0.5) is 0 Å². The summed E-state index contributed by atoms with van der Waals surface area (Å²) < 4.78 is 0. The summed E-state index contributed by atoms with van der Waals surface area (Å²) in [5, 5.41) is -0.346. The van der Waals surface area contributed by atoms with Crippen LogP contribution in [-0.4, -0.2) is 11.5 Å². The molecule has 1 fully saturated rings. The maximum Gasteiger partial charge on any atom is 0.225 e. The van der Waals surface area contributed by atoms with Gasteiger partial charge in [0.25, 0.3) is 0 Å². The predicted molar refractivity (Wildman–Crippen MR) is 42.4 cm³/mol. The molecule has 62 valence electrons. The van der Waals surface area contributed by atoms with E-state index in [0.29, 0.717) is 0 Å². The lowest BCUT2D eigenvalue weighted by Gasteiger charge is -2.23. The molecule has 0 heterocycles. The summed E-state index contributed by atoms with van der Waals surface area (Å²) in [5.41, 5.74) is 0. The second-order valence-corrected chi connectivity index (χ2v) is 3.37. The van der Waals surface area contributed by atoms with Crippen molar-refractivity contribution in [3.05, 3.63) is 0 Å². The van der Waals surface area contributed by atoms with Crippen LogP contribution in [0.25, 0.3) is 0 Å². The highest BCUT2D eigenvalue weighted by Crippen LogP contribution is 2.29. The molecule has 0 bridgehead atoms. The highest BCUT2D eigenvalue weighted by molar-refractivity contribution is 6.64. The lowest BCUT2D eigenvalue weighted by Crippen LogP contribution is -2.25. The monoisotopic (exact) mass is 174 g/mol. The molecule has 0 radical (unpaired) electrons. The summed E-state index contributed by atoms with van der Waals surface area (Å²) in [6.45, 7) is 0. The van der Waals surface area contributed by atoms with E-state index in [2.05, 4.69) is 0 Å². The summed E-state index contributed by atoms with van der Waals surface area (Å²) >= 11 is 5.33. The molecular formula is C8H11ClO2. The fraction of sp³-hybridized carbons (Fsp3) is 0.750. The van der Waals surface area contributed by atoms with Crippen molar-refractivity contribution in [3.63, 3.8) is 0 Å². The first kappa shape index (κ1) is 8.72. The van der Waals surface area contributed by atoms with Gasteiger partial charge in [0.15, 0.2) is 0 Å². The Kier molecular flexibility index (Phi) is 3.06. The van der Waals surface area contributed by atoms with Crippen LogP contribution in [0.2, 0.25) is 0 Å². The molecule has 3 heteroatoms. The maximum atomic E-state index is 10.8. The Bertz CT molecular complexity index is 167. The standard InChI is InChI=1S/C8H11ClO2/c9-8(11)7-4-2-1-3-6(7)5-10/h5-7H,1-4H2. The van der Waals surface area contributed by atoms with Gasteiger partial charge in [-0.25, -0.2) is 0 Å². The van der Waals surface area contributed by atoms with Gasteiger partial charge in [-0.2, -0.15) is 0 Å². The summed E-state index contributed by atoms with van der Waals surface area (Å²) in [6.07, 6.45) is 4.54. The van der Waals surface area contributed by atoms with Crippen molar-refractivity contribution in [2.45, 2.75) is 25.7 Å². The zero-order chi connectivity index (χ0) is 8.27. The molecule has 0 aromatic heterocycles. The third kappa shape index (κ3) is 2.03. The third-order valence-electron chi connectivity index (χ3n) is 2.29. The predicted octanol–water partition coefficient (Wildman–Crippen LogP) is 1.76. The van der Waals surface area contributed by atoms with E-state index < -0.39 is 0 Å². The molecule has 0 aromatic rings. The van der Waals surface area contributed by atoms with E-state index in [1.54, 1.807) is 0 Å². The van der Waals surface area contributed by atoms with Crippen LogP contribution in [0.5, 0.6) is 0 Å². The van der Waals surface area contributed by atoms with Crippen LogP contribution in [0.1, 0.15) is 25.7 Å². The fourth-order valence-corrected chi connectivity index (χ4v) is 1.88. The second-order valence-electron chi connectivity index (χ2n) is 2.99. The molecule has 1 aliphatic carbocycles. The quantitative estimate of drug-likeness (QED) is 0.472. The van der Waals surface area contributed by atoms with E-state index in [1.807, 2.05) is 0 Å². The Morgan fingerprint density at radius 3 is 2.45 bits per heavy atom. The first-order valence-electron chi connectivity index (χ1n) is 3.90. The molecular weight excluding hydrogens is 164 g/mol. The van der Waals surface area contributed by atoms with E-state index in [-0.39, 0.29) is 17.1 Å². The van der Waals surface area contributed by atoms with Gasteiger partial charge in [0, 0.05) is 11.8 Å². The van der Waals surface area contributed by atoms with Crippen molar-refractivity contribution in [2.75, 3.05) is 0 Å². The Morgan fingerprint density at radius 1 is 1.36 bits per heavy atom. The topological polar surface area (TPSA) is 34.1 Å². The summed E-state index contributed by atoms with van der Waals surface area (Å²) in [6, 6.07) is 0. The number of halogens is 1. The van der Waals surface area contributed by atoms with Gasteiger partial charge in [-0.3, -0.25) is 4.79 Å². The maximum absolute atomic E-state index is 10.8. The van der Waals surface area contributed by atoms with Crippen molar-refractivity contribution in [1.82, 2.24) is 0 Å². The summed E-state index contributed by atoms with van der Waals surface area (Å²) in [5.74, 6) is -0.323. The van der Waals surface area contributed by atoms with E-state index >= 15 is 0 Å². The number of hydrogen-bond donors (Lipinski definition) is 0. The van der Waals surface area contributed by atoms with Gasteiger partial charge in [-0.05, 0) is 24.4 Å². The molecule has 11 heavy (non-hydrogen) atoms. The lowest BCUT2D eigenvalue weighted by atomic mass is 9.81. The van der Waals surface area contributed by atoms with E-state index in [4.69, 9.17) is 11.6 Å². The average molecular weight is 175 g/mol. The zero-order valence-corrected chi connectivity index (χ0v) is 7.01. The Balaban J connectivity index is 2.58. The molecule has 1 saturated carbocycles. The average Bonchev–Trinajstić information content (AvgIpc) is 2.04. The third-order valence-corrected chi connectivity index (χ3v) is 2.57. The first-order chi connectivity index (χ1) is 5.25. The molecule has 1 rings (SSSR count). The molecule has 2 unspecified atom stereocenters. The van der Waals surface area contributed by atoms with Crippen LogP contribution in [0, 0.1) is 11.8 Å². The van der Waals surface area contributed by atoms with Gasteiger partial charge in [-0.1, -0.05) is 12.8 Å². The highest BCUT2D eigenvalue weighted by Gasteiger charge is 2.29. The Labute approximate surface area is 70.9 Å². The molecule has 2 atom stereocenters. The van der Waals surface area contributed by atoms with Crippen LogP contribution in [0.3, 0.4) is 0 Å². The molecule has 0 N–H and O–H groups in total. The largest absolute Gasteiger partial charge is 0.303 e. The van der Waals surface area contributed by atoms with Gasteiger partial charge in [0.2, 0.25) is 5.24 Å². The number of aldehydes is 1. The van der Waals surface area contributed by atoms with Crippen molar-refractivity contribution in [3.8, 4) is 0 Å². The minimum absolute atomic E-state index is 0.117. The van der Waals surface area contributed by atoms with Crippen molar-refractivity contribution in [2.24, 2.45) is 11.8 Å². The van der Waals surface area contributed by atoms with Gasteiger partial charge < -0.3 is 4.79 Å². The van der Waals surface area contributed by atoms with E-state index in [9.17, 15) is 9.59 Å².